The lowest BCUT2D eigenvalue weighted by molar-refractivity contribution is 0.0686. The lowest BCUT2D eigenvalue weighted by Crippen LogP contribution is -2.23. The molecule has 0 spiro atoms. The van der Waals surface area contributed by atoms with E-state index in [0.29, 0.717) is 13.2 Å². The van der Waals surface area contributed by atoms with Crippen molar-refractivity contribution in [2.45, 2.75) is 53.8 Å². The summed E-state index contributed by atoms with van der Waals surface area (Å²) >= 11 is 0. The number of nitrogens with zero attached hydrogens (tertiary/aromatic N) is 2. The summed E-state index contributed by atoms with van der Waals surface area (Å²) in [6.07, 6.45) is 6.25. The Morgan fingerprint density at radius 2 is 0.962 bits per heavy atom. The third kappa shape index (κ3) is 9.18. The third-order valence-electron chi connectivity index (χ3n) is 9.79. The van der Waals surface area contributed by atoms with Crippen LogP contribution >= 0.6 is 0 Å². The summed E-state index contributed by atoms with van der Waals surface area (Å²) in [6.45, 7) is 15.7. The molecule has 0 aromatic heterocycles. The molecule has 0 saturated carbocycles. The number of ether oxygens (including phenoxy) is 2. The zero-order valence-electron chi connectivity index (χ0n) is 30.7. The number of carbonyl (C=O) groups is 2. The van der Waals surface area contributed by atoms with Gasteiger partial charge in [0, 0.05) is 24.2 Å². The van der Waals surface area contributed by atoms with E-state index in [4.69, 9.17) is 9.47 Å². The van der Waals surface area contributed by atoms with Crippen LogP contribution in [0.2, 0.25) is 0 Å². The van der Waals surface area contributed by atoms with Crippen molar-refractivity contribution in [3.63, 3.8) is 0 Å². The largest absolute Gasteiger partial charge is 0.488 e. The fraction of sp³-hybridized carbons (Fsp3) is 0.318. The quantitative estimate of drug-likeness (QED) is 0.151. The average Bonchev–Trinajstić information content (AvgIpc) is 3.43. The summed E-state index contributed by atoms with van der Waals surface area (Å²) in [6, 6.07) is 26.5. The summed E-state index contributed by atoms with van der Waals surface area (Å²) in [4.78, 5) is 27.6. The molecule has 0 unspecified atom stereocenters. The van der Waals surface area contributed by atoms with Crippen LogP contribution in [0.5, 0.6) is 11.5 Å². The summed E-state index contributed by atoms with van der Waals surface area (Å²) in [5.41, 5.74) is 8.87. The Kier molecular flexibility index (Phi) is 13.4. The Morgan fingerprint density at radius 1 is 0.577 bits per heavy atom. The first-order valence-electron chi connectivity index (χ1n) is 18.3. The van der Waals surface area contributed by atoms with Crippen LogP contribution in [0.15, 0.2) is 97.1 Å². The second-order valence-corrected chi connectivity index (χ2v) is 12.8. The molecule has 0 atom stereocenters. The van der Waals surface area contributed by atoms with E-state index in [1.165, 1.54) is 0 Å². The van der Waals surface area contributed by atoms with Gasteiger partial charge >= 0.3 is 11.9 Å². The monoisotopic (exact) mass is 702 g/mol. The Bertz CT molecular complexity index is 1780. The smallest absolute Gasteiger partial charge is 0.335 e. The van der Waals surface area contributed by atoms with E-state index < -0.39 is 11.9 Å². The number of hydrogen-bond donors (Lipinski definition) is 2. The summed E-state index contributed by atoms with van der Waals surface area (Å²) < 4.78 is 11.9. The van der Waals surface area contributed by atoms with E-state index in [-0.39, 0.29) is 11.1 Å². The van der Waals surface area contributed by atoms with Gasteiger partial charge in [-0.3, -0.25) is 0 Å². The molecular formula is C44H50N2O6. The van der Waals surface area contributed by atoms with Gasteiger partial charge in [0.25, 0.3) is 0 Å². The van der Waals surface area contributed by atoms with E-state index in [1.54, 1.807) is 36.4 Å². The summed E-state index contributed by atoms with van der Waals surface area (Å²) in [5, 5.41) is 18.8. The predicted molar refractivity (Wildman–Crippen MR) is 207 cm³/mol. The molecule has 2 aliphatic heterocycles. The molecule has 8 heteroatoms. The fourth-order valence-electron chi connectivity index (χ4n) is 6.72. The Labute approximate surface area is 307 Å². The van der Waals surface area contributed by atoms with Gasteiger partial charge in [-0.1, -0.05) is 88.4 Å². The number of carboxylic acid groups (broad SMARTS) is 2. The van der Waals surface area contributed by atoms with Crippen LogP contribution in [0.25, 0.3) is 11.1 Å². The number of rotatable bonds is 12. The van der Waals surface area contributed by atoms with Crippen molar-refractivity contribution in [2.75, 3.05) is 39.3 Å². The van der Waals surface area contributed by atoms with Gasteiger partial charge in [0.15, 0.2) is 0 Å². The van der Waals surface area contributed by atoms with Gasteiger partial charge in [-0.05, 0) is 109 Å². The highest BCUT2D eigenvalue weighted by Crippen LogP contribution is 2.39. The van der Waals surface area contributed by atoms with Crippen molar-refractivity contribution in [1.82, 2.24) is 9.80 Å². The van der Waals surface area contributed by atoms with Gasteiger partial charge < -0.3 is 29.5 Å². The zero-order valence-corrected chi connectivity index (χ0v) is 30.7. The predicted octanol–water partition coefficient (Wildman–Crippen LogP) is 8.88. The van der Waals surface area contributed by atoms with E-state index in [1.807, 2.05) is 24.3 Å². The number of fused-ring (bicyclic) bond motifs is 4. The average molecular weight is 703 g/mol. The maximum atomic E-state index is 11.4. The first kappa shape index (κ1) is 38.1. The van der Waals surface area contributed by atoms with Crippen LogP contribution in [-0.4, -0.2) is 71.2 Å². The van der Waals surface area contributed by atoms with Gasteiger partial charge in [-0.25, -0.2) is 9.59 Å². The molecule has 0 bridgehead atoms. The van der Waals surface area contributed by atoms with Gasteiger partial charge in [-0.15, -0.1) is 0 Å². The second-order valence-electron chi connectivity index (χ2n) is 12.8. The normalized spacial score (nSPS) is 14.5. The van der Waals surface area contributed by atoms with Crippen LogP contribution in [0.1, 0.15) is 94.6 Å². The number of carboxylic acids is 2. The molecule has 4 aromatic carbocycles. The molecule has 0 radical (unpaired) electrons. The van der Waals surface area contributed by atoms with Crippen molar-refractivity contribution in [1.29, 1.82) is 0 Å². The van der Waals surface area contributed by atoms with Crippen LogP contribution in [-0.2, 0) is 13.2 Å². The van der Waals surface area contributed by atoms with Gasteiger partial charge in [0.1, 0.15) is 24.7 Å². The number of hydrogen-bond acceptors (Lipinski definition) is 6. The molecule has 0 aliphatic carbocycles. The van der Waals surface area contributed by atoms with E-state index >= 15 is 0 Å². The molecule has 272 valence electrons. The second kappa shape index (κ2) is 18.4. The minimum atomic E-state index is -0.923. The standard InChI is InChI=1S/2C22H25NO3/c2*1-3-23(4-2)13-7-10-19-18-9-6-5-8-17(18)15-26-21-12-11-16(22(24)25)14-20(19)21/h2*5-6,8-12,14H,3-4,7,13,15H2,1-2H3,(H,24,25)/b19-10+;19-10-. The maximum Gasteiger partial charge on any atom is 0.335 e. The topological polar surface area (TPSA) is 99.5 Å². The highest BCUT2D eigenvalue weighted by molar-refractivity contribution is 5.93. The Balaban J connectivity index is 0.000000201. The molecule has 2 heterocycles. The molecule has 2 aliphatic rings. The van der Waals surface area contributed by atoms with Crippen LogP contribution in [0, 0.1) is 0 Å². The molecule has 6 rings (SSSR count). The van der Waals surface area contributed by atoms with Crippen LogP contribution < -0.4 is 9.47 Å². The van der Waals surface area contributed by atoms with Crippen LogP contribution in [0.4, 0.5) is 0 Å². The molecular weight excluding hydrogens is 652 g/mol. The highest BCUT2D eigenvalue weighted by atomic mass is 16.5. The lowest BCUT2D eigenvalue weighted by atomic mass is 9.92. The summed E-state index contributed by atoms with van der Waals surface area (Å²) in [5.74, 6) is -0.374. The van der Waals surface area contributed by atoms with Gasteiger partial charge in [0.05, 0.1) is 11.1 Å². The fourth-order valence-corrected chi connectivity index (χ4v) is 6.72. The molecule has 0 saturated heterocycles. The maximum absolute atomic E-state index is 11.4. The van der Waals surface area contributed by atoms with Gasteiger partial charge in [0.2, 0.25) is 0 Å². The number of aromatic carboxylic acids is 2. The minimum absolute atomic E-state index is 0.279. The van der Waals surface area contributed by atoms with Crippen molar-refractivity contribution in [3.8, 4) is 11.5 Å². The van der Waals surface area contributed by atoms with Gasteiger partial charge in [-0.2, -0.15) is 0 Å². The third-order valence-corrected chi connectivity index (χ3v) is 9.79. The number of benzene rings is 4. The Hall–Kier alpha value is -5.18. The van der Waals surface area contributed by atoms with Crippen molar-refractivity contribution >= 4 is 23.1 Å². The van der Waals surface area contributed by atoms with E-state index in [9.17, 15) is 19.8 Å². The molecule has 0 amide bonds. The highest BCUT2D eigenvalue weighted by Gasteiger charge is 2.22. The summed E-state index contributed by atoms with van der Waals surface area (Å²) in [7, 11) is 0. The van der Waals surface area contributed by atoms with Crippen molar-refractivity contribution < 1.29 is 29.3 Å². The SMILES string of the molecule is CCN(CC)CC/C=C1/c2ccccc2COc2ccc(C(=O)O)cc21.CCN(CC)CC/C=C1\c2ccccc2COc2ccc(C(=O)O)cc21. The van der Waals surface area contributed by atoms with Crippen molar-refractivity contribution in [2.24, 2.45) is 0 Å². The molecule has 4 aromatic rings. The first-order valence-corrected chi connectivity index (χ1v) is 18.3. The molecule has 8 nitrogen and oxygen atoms in total. The minimum Gasteiger partial charge on any atom is -0.488 e. The lowest BCUT2D eigenvalue weighted by Gasteiger charge is -2.17. The Morgan fingerprint density at radius 3 is 1.33 bits per heavy atom. The van der Waals surface area contributed by atoms with E-state index in [0.717, 1.165) is 108 Å². The molecule has 0 fully saturated rings. The van der Waals surface area contributed by atoms with E-state index in [2.05, 4.69) is 73.9 Å². The zero-order chi connectivity index (χ0) is 37.0. The van der Waals surface area contributed by atoms with Crippen molar-refractivity contribution in [3.05, 3.63) is 142 Å². The first-order chi connectivity index (χ1) is 25.3. The van der Waals surface area contributed by atoms with Crippen LogP contribution in [0.3, 0.4) is 0 Å². The molecule has 2 N–H and O–H groups in total. The molecule has 52 heavy (non-hydrogen) atoms.